The van der Waals surface area contributed by atoms with Crippen molar-refractivity contribution in [3.8, 4) is 6.07 Å². The highest BCUT2D eigenvalue weighted by atomic mass is 16.5. The van der Waals surface area contributed by atoms with E-state index in [1.54, 1.807) is 54.6 Å². The number of nitriles is 1. The van der Waals surface area contributed by atoms with Gasteiger partial charge in [0.25, 0.3) is 5.91 Å². The molecular formula is C21H17N3O5. The highest BCUT2D eigenvalue weighted by Gasteiger charge is 2.33. The minimum Gasteiger partial charge on any atom is -0.470 e. The number of carbonyl (C=O) groups is 3. The first-order valence-electron chi connectivity index (χ1n) is 8.72. The Morgan fingerprint density at radius 3 is 2.41 bits per heavy atom. The smallest absolute Gasteiger partial charge is 0.347 e. The molecule has 0 bridgehead atoms. The van der Waals surface area contributed by atoms with Gasteiger partial charge in [0.05, 0.1) is 6.07 Å². The van der Waals surface area contributed by atoms with E-state index >= 15 is 0 Å². The summed E-state index contributed by atoms with van der Waals surface area (Å²) in [6.45, 7) is -1.12. The van der Waals surface area contributed by atoms with Gasteiger partial charge in [-0.05, 0) is 24.3 Å². The zero-order chi connectivity index (χ0) is 20.6. The van der Waals surface area contributed by atoms with Crippen molar-refractivity contribution in [1.29, 1.82) is 5.26 Å². The molecule has 0 unspecified atom stereocenters. The number of carbonyl (C=O) groups excluding carboxylic acids is 3. The first-order valence-corrected chi connectivity index (χ1v) is 8.72. The van der Waals surface area contributed by atoms with E-state index in [1.165, 1.54) is 4.90 Å². The number of ketones is 1. The van der Waals surface area contributed by atoms with Crippen molar-refractivity contribution in [2.75, 3.05) is 30.0 Å². The minimum atomic E-state index is -0.968. The van der Waals surface area contributed by atoms with Gasteiger partial charge < -0.3 is 14.8 Å². The fourth-order valence-electron chi connectivity index (χ4n) is 2.65. The zero-order valence-corrected chi connectivity index (χ0v) is 15.3. The fraction of sp³-hybridized carbons (Fsp3) is 0.143. The molecule has 1 heterocycles. The average molecular weight is 391 g/mol. The molecule has 1 amide bonds. The highest BCUT2D eigenvalue weighted by molar-refractivity contribution is 6.20. The maximum atomic E-state index is 12.5. The Balaban J connectivity index is 1.69. The van der Waals surface area contributed by atoms with Gasteiger partial charge in [0.2, 0.25) is 11.7 Å². The third kappa shape index (κ3) is 4.78. The summed E-state index contributed by atoms with van der Waals surface area (Å²) >= 11 is 0. The molecule has 0 saturated heterocycles. The van der Waals surface area contributed by atoms with Gasteiger partial charge >= 0.3 is 5.97 Å². The molecule has 0 atom stereocenters. The van der Waals surface area contributed by atoms with E-state index < -0.39 is 24.3 Å². The number of para-hydroxylation sites is 2. The number of rotatable bonds is 7. The summed E-state index contributed by atoms with van der Waals surface area (Å²) in [7, 11) is 0. The summed E-state index contributed by atoms with van der Waals surface area (Å²) < 4.78 is 10.3. The molecular weight excluding hydrogens is 374 g/mol. The van der Waals surface area contributed by atoms with Crippen molar-refractivity contribution in [1.82, 2.24) is 0 Å². The number of benzene rings is 2. The van der Waals surface area contributed by atoms with E-state index in [0.717, 1.165) is 0 Å². The van der Waals surface area contributed by atoms with Crippen LogP contribution in [0.5, 0.6) is 0 Å². The summed E-state index contributed by atoms with van der Waals surface area (Å²) in [6, 6.07) is 19.3. The van der Waals surface area contributed by atoms with E-state index in [1.807, 2.05) is 12.1 Å². The molecule has 1 N–H and O–H groups in total. The summed E-state index contributed by atoms with van der Waals surface area (Å²) in [4.78, 5) is 38.1. The number of ether oxygens (including phenoxy) is 2. The van der Waals surface area contributed by atoms with Gasteiger partial charge in [0.15, 0.2) is 18.8 Å². The Morgan fingerprint density at radius 1 is 1.10 bits per heavy atom. The van der Waals surface area contributed by atoms with Crippen LogP contribution in [0.15, 0.2) is 72.1 Å². The number of Topliss-reactive ketones (excluding diaryl/α,β-unsaturated/α-hetero) is 1. The van der Waals surface area contributed by atoms with Crippen LogP contribution in [0.1, 0.15) is 0 Å². The number of hydrogen-bond donors (Lipinski definition) is 1. The van der Waals surface area contributed by atoms with Gasteiger partial charge in [-0.15, -0.1) is 0 Å². The van der Waals surface area contributed by atoms with Crippen molar-refractivity contribution in [3.63, 3.8) is 0 Å². The lowest BCUT2D eigenvalue weighted by Gasteiger charge is -2.19. The van der Waals surface area contributed by atoms with E-state index in [2.05, 4.69) is 5.32 Å². The molecule has 8 heteroatoms. The first-order chi connectivity index (χ1) is 14.1. The largest absolute Gasteiger partial charge is 0.470 e. The Kier molecular flexibility index (Phi) is 6.22. The van der Waals surface area contributed by atoms with E-state index in [-0.39, 0.29) is 24.6 Å². The van der Waals surface area contributed by atoms with Crippen LogP contribution in [0.3, 0.4) is 0 Å². The number of nitrogens with one attached hydrogen (secondary N) is 1. The topological polar surface area (TPSA) is 109 Å². The molecule has 29 heavy (non-hydrogen) atoms. The van der Waals surface area contributed by atoms with Crippen LogP contribution in [0.2, 0.25) is 0 Å². The second kappa shape index (κ2) is 9.19. The summed E-state index contributed by atoms with van der Waals surface area (Å²) in [5.74, 6) is -2.12. The van der Waals surface area contributed by atoms with Crippen molar-refractivity contribution in [2.24, 2.45) is 0 Å². The molecule has 8 nitrogen and oxygen atoms in total. The molecule has 0 spiro atoms. The van der Waals surface area contributed by atoms with Gasteiger partial charge in [0, 0.05) is 11.4 Å². The summed E-state index contributed by atoms with van der Waals surface area (Å²) in [5.41, 5.74) is 0.845. The highest BCUT2D eigenvalue weighted by Crippen LogP contribution is 2.21. The molecule has 2 aromatic carbocycles. The van der Waals surface area contributed by atoms with Crippen LogP contribution in [0.25, 0.3) is 0 Å². The second-order valence-electron chi connectivity index (χ2n) is 5.96. The maximum absolute atomic E-state index is 12.5. The van der Waals surface area contributed by atoms with Crippen molar-refractivity contribution in [3.05, 3.63) is 72.1 Å². The molecule has 0 fully saturated rings. The lowest BCUT2D eigenvalue weighted by Crippen LogP contribution is -2.35. The molecule has 146 valence electrons. The van der Waals surface area contributed by atoms with E-state index in [0.29, 0.717) is 11.4 Å². The van der Waals surface area contributed by atoms with Crippen molar-refractivity contribution < 1.29 is 23.9 Å². The predicted octanol–water partition coefficient (Wildman–Crippen LogP) is 2.01. The number of amides is 1. The third-order valence-electron chi connectivity index (χ3n) is 4.01. The number of esters is 1. The fourth-order valence-corrected chi connectivity index (χ4v) is 2.65. The van der Waals surface area contributed by atoms with E-state index in [9.17, 15) is 14.4 Å². The van der Waals surface area contributed by atoms with Crippen molar-refractivity contribution in [2.45, 2.75) is 0 Å². The third-order valence-corrected chi connectivity index (χ3v) is 4.01. The summed E-state index contributed by atoms with van der Waals surface area (Å²) in [5, 5.41) is 11.8. The Labute approximate surface area is 166 Å². The molecule has 0 aliphatic carbocycles. The summed E-state index contributed by atoms with van der Waals surface area (Å²) in [6.07, 6.45) is 0. The van der Waals surface area contributed by atoms with Gasteiger partial charge in [-0.3, -0.25) is 14.5 Å². The number of nitrogens with zero attached hydrogens (tertiary/aromatic N) is 2. The molecule has 1 aliphatic heterocycles. The zero-order valence-electron chi connectivity index (χ0n) is 15.3. The Morgan fingerprint density at radius 2 is 1.76 bits per heavy atom. The van der Waals surface area contributed by atoms with Crippen LogP contribution in [0.4, 0.5) is 11.4 Å². The molecule has 0 saturated carbocycles. The Hall–Kier alpha value is -4.12. The monoisotopic (exact) mass is 391 g/mol. The number of hydrogen-bond acceptors (Lipinski definition) is 7. The predicted molar refractivity (Wildman–Crippen MR) is 103 cm³/mol. The lowest BCUT2D eigenvalue weighted by molar-refractivity contribution is -0.144. The first kappa shape index (κ1) is 19.6. The average Bonchev–Trinajstić information content (AvgIpc) is 3.11. The number of anilines is 2. The van der Waals surface area contributed by atoms with Crippen LogP contribution in [0, 0.1) is 11.3 Å². The normalized spacial score (nSPS) is 12.7. The van der Waals surface area contributed by atoms with Crippen LogP contribution < -0.4 is 10.2 Å². The second-order valence-corrected chi connectivity index (χ2v) is 5.96. The lowest BCUT2D eigenvalue weighted by atomic mass is 10.2. The molecule has 1 aliphatic rings. The maximum Gasteiger partial charge on any atom is 0.347 e. The van der Waals surface area contributed by atoms with Gasteiger partial charge in [-0.2, -0.15) is 5.26 Å². The standard InChI is InChI=1S/C21H17N3O5/c22-11-12-24(16-9-5-2-6-10-16)18(26)14-29-21(27)19-17(25)13-28-20(19)23-15-7-3-1-4-8-15/h1-10,23H,12-14H2. The van der Waals surface area contributed by atoms with Gasteiger partial charge in [-0.25, -0.2) is 4.79 Å². The molecule has 2 aromatic rings. The van der Waals surface area contributed by atoms with Gasteiger partial charge in [-0.1, -0.05) is 36.4 Å². The van der Waals surface area contributed by atoms with Crippen LogP contribution in [-0.2, 0) is 23.9 Å². The van der Waals surface area contributed by atoms with Crippen molar-refractivity contribution >= 4 is 29.0 Å². The molecule has 3 rings (SSSR count). The quantitative estimate of drug-likeness (QED) is 0.437. The van der Waals surface area contributed by atoms with E-state index in [4.69, 9.17) is 14.7 Å². The molecule has 0 radical (unpaired) electrons. The van der Waals surface area contributed by atoms with Gasteiger partial charge in [0.1, 0.15) is 6.54 Å². The molecule has 0 aromatic heterocycles. The van der Waals surface area contributed by atoms with Crippen LogP contribution >= 0.6 is 0 Å². The van der Waals surface area contributed by atoms with Crippen LogP contribution in [-0.4, -0.2) is 37.4 Å². The Bertz CT molecular complexity index is 980. The SMILES string of the molecule is N#CCN(C(=O)COC(=O)C1=C(Nc2ccccc2)OCC1=O)c1ccccc1. The minimum absolute atomic E-state index is 0.0180.